The maximum absolute atomic E-state index is 12.4. The third kappa shape index (κ3) is 3.09. The van der Waals surface area contributed by atoms with Gasteiger partial charge in [-0.05, 0) is 12.1 Å². The Morgan fingerprint density at radius 1 is 1.08 bits per heavy atom. The van der Waals surface area contributed by atoms with Crippen LogP contribution >= 0.6 is 15.9 Å². The first-order valence-corrected chi connectivity index (χ1v) is 7.34. The highest BCUT2D eigenvalue weighted by atomic mass is 79.9. The molecule has 0 spiro atoms. The van der Waals surface area contributed by atoms with Crippen molar-refractivity contribution in [1.82, 2.24) is 9.88 Å². The van der Waals surface area contributed by atoms with Gasteiger partial charge in [-0.2, -0.15) is 0 Å². The minimum atomic E-state index is -4.93. The number of nitrogens with one attached hydrogen (secondary N) is 1. The molecule has 3 N–H and O–H groups in total. The topological polar surface area (TPSA) is 103 Å². The van der Waals surface area contributed by atoms with Gasteiger partial charge in [-0.15, -0.1) is 13.2 Å². The summed E-state index contributed by atoms with van der Waals surface area (Å²) in [6.45, 7) is 0. The summed E-state index contributed by atoms with van der Waals surface area (Å²) in [5.41, 5.74) is 4.54. The molecule has 1 aliphatic heterocycles. The van der Waals surface area contributed by atoms with Crippen LogP contribution in [-0.4, -0.2) is 22.7 Å². The largest absolute Gasteiger partial charge is 0.573 e. The van der Waals surface area contributed by atoms with Gasteiger partial charge in [0.05, 0.1) is 16.8 Å². The van der Waals surface area contributed by atoms with Gasteiger partial charge in [-0.25, -0.2) is 0 Å². The minimum absolute atomic E-state index is 0.0777. The van der Waals surface area contributed by atoms with Gasteiger partial charge in [-0.1, -0.05) is 15.9 Å². The summed E-state index contributed by atoms with van der Waals surface area (Å²) < 4.78 is 42.1. The standard InChI is InChI=1S/C14H7BrF3N3O4/c15-5-1-6(3-7(2-5)25-14(16,17)18)21-9(22)4-8-10(11(21)19)13(24)20-12(8)23/h1-4H,19H2,(H,20,23,24). The second kappa shape index (κ2) is 5.62. The fraction of sp³-hybridized carbons (Fsp3) is 0.0714. The zero-order valence-corrected chi connectivity index (χ0v) is 13.6. The summed E-state index contributed by atoms with van der Waals surface area (Å²) in [6, 6.07) is 4.16. The molecule has 0 saturated heterocycles. The molecule has 11 heteroatoms. The number of nitrogens with zero attached hydrogens (tertiary/aromatic N) is 1. The second-order valence-electron chi connectivity index (χ2n) is 4.97. The monoisotopic (exact) mass is 417 g/mol. The molecule has 2 heterocycles. The van der Waals surface area contributed by atoms with Gasteiger partial charge in [0, 0.05) is 16.6 Å². The molecule has 7 nitrogen and oxygen atoms in total. The van der Waals surface area contributed by atoms with E-state index in [-0.39, 0.29) is 27.1 Å². The maximum atomic E-state index is 12.4. The lowest BCUT2D eigenvalue weighted by molar-refractivity contribution is -0.274. The van der Waals surface area contributed by atoms with Crippen LogP contribution in [0, 0.1) is 0 Å². The number of hydrogen-bond acceptors (Lipinski definition) is 5. The molecule has 1 aliphatic rings. The Bertz CT molecular complexity index is 985. The van der Waals surface area contributed by atoms with Gasteiger partial charge in [0.1, 0.15) is 11.6 Å². The van der Waals surface area contributed by atoms with E-state index >= 15 is 0 Å². The Hall–Kier alpha value is -2.82. The molecule has 1 aromatic carbocycles. The van der Waals surface area contributed by atoms with Crippen molar-refractivity contribution in [2.75, 3.05) is 5.73 Å². The first-order chi connectivity index (χ1) is 11.6. The number of imide groups is 1. The number of benzene rings is 1. The van der Waals surface area contributed by atoms with Crippen molar-refractivity contribution in [2.24, 2.45) is 0 Å². The molecule has 0 saturated carbocycles. The number of carbonyl (C=O) groups excluding carboxylic acids is 2. The number of nitrogen functional groups attached to an aromatic ring is 1. The Balaban J connectivity index is 2.22. The molecule has 25 heavy (non-hydrogen) atoms. The number of rotatable bonds is 2. The number of aromatic nitrogens is 1. The number of halogens is 4. The highest BCUT2D eigenvalue weighted by Crippen LogP contribution is 2.30. The first kappa shape index (κ1) is 17.0. The summed E-state index contributed by atoms with van der Waals surface area (Å²) in [7, 11) is 0. The highest BCUT2D eigenvalue weighted by molar-refractivity contribution is 9.10. The van der Waals surface area contributed by atoms with Gasteiger partial charge in [0.2, 0.25) is 0 Å². The Kier molecular flexibility index (Phi) is 3.82. The van der Waals surface area contributed by atoms with Crippen LogP contribution in [0.2, 0.25) is 0 Å². The van der Waals surface area contributed by atoms with E-state index in [0.717, 1.165) is 22.8 Å². The molecule has 0 fully saturated rings. The SMILES string of the molecule is Nc1c2c(cc(=O)n1-c1cc(Br)cc(OC(F)(F)F)c1)C(=O)NC2=O. The molecule has 0 unspecified atom stereocenters. The third-order valence-corrected chi connectivity index (χ3v) is 3.76. The number of nitrogens with two attached hydrogens (primary N) is 1. The van der Waals surface area contributed by atoms with E-state index in [1.165, 1.54) is 6.07 Å². The third-order valence-electron chi connectivity index (χ3n) is 3.30. The van der Waals surface area contributed by atoms with Crippen LogP contribution in [0.3, 0.4) is 0 Å². The van der Waals surface area contributed by atoms with Crippen molar-refractivity contribution in [1.29, 1.82) is 0 Å². The number of pyridine rings is 1. The van der Waals surface area contributed by atoms with Gasteiger partial charge in [-0.3, -0.25) is 24.3 Å². The van der Waals surface area contributed by atoms with Gasteiger partial charge in [0.15, 0.2) is 0 Å². The van der Waals surface area contributed by atoms with Crippen LogP contribution < -0.4 is 21.3 Å². The molecular formula is C14H7BrF3N3O4. The van der Waals surface area contributed by atoms with Crippen molar-refractivity contribution in [2.45, 2.75) is 6.36 Å². The number of ether oxygens (including phenoxy) is 1. The first-order valence-electron chi connectivity index (χ1n) is 6.55. The molecule has 130 valence electrons. The fourth-order valence-corrected chi connectivity index (χ4v) is 2.88. The van der Waals surface area contributed by atoms with Gasteiger partial charge in [0.25, 0.3) is 17.4 Å². The molecular weight excluding hydrogens is 411 g/mol. The van der Waals surface area contributed by atoms with E-state index < -0.39 is 29.5 Å². The fourth-order valence-electron chi connectivity index (χ4n) is 2.42. The van der Waals surface area contributed by atoms with E-state index in [1.54, 1.807) is 0 Å². The molecule has 3 rings (SSSR count). The number of fused-ring (bicyclic) bond motifs is 1. The predicted molar refractivity (Wildman–Crippen MR) is 82.6 cm³/mol. The van der Waals surface area contributed by atoms with E-state index in [9.17, 15) is 27.6 Å². The quantitative estimate of drug-likeness (QED) is 0.727. The number of alkyl halides is 3. The summed E-state index contributed by atoms with van der Waals surface area (Å²) in [4.78, 5) is 35.7. The lowest BCUT2D eigenvalue weighted by Gasteiger charge is -2.15. The lowest BCUT2D eigenvalue weighted by Crippen LogP contribution is -2.24. The summed E-state index contributed by atoms with van der Waals surface area (Å²) in [6.07, 6.45) is -4.93. The van der Waals surface area contributed by atoms with Crippen molar-refractivity contribution in [3.8, 4) is 11.4 Å². The van der Waals surface area contributed by atoms with Crippen LogP contribution in [0.5, 0.6) is 5.75 Å². The van der Waals surface area contributed by atoms with Crippen LogP contribution in [0.15, 0.2) is 33.5 Å². The molecule has 0 radical (unpaired) electrons. The van der Waals surface area contributed by atoms with Crippen LogP contribution in [-0.2, 0) is 0 Å². The summed E-state index contributed by atoms with van der Waals surface area (Å²) >= 11 is 3.01. The molecule has 0 aliphatic carbocycles. The van der Waals surface area contributed by atoms with Crippen LogP contribution in [0.4, 0.5) is 19.0 Å². The number of hydrogen-bond donors (Lipinski definition) is 2. The van der Waals surface area contributed by atoms with E-state index in [0.29, 0.717) is 0 Å². The number of amides is 2. The average molecular weight is 418 g/mol. The minimum Gasteiger partial charge on any atom is -0.406 e. The van der Waals surface area contributed by atoms with Gasteiger partial charge < -0.3 is 10.5 Å². The molecule has 0 bridgehead atoms. The normalized spacial score (nSPS) is 13.6. The molecule has 0 atom stereocenters. The predicted octanol–water partition coefficient (Wildman–Crippen LogP) is 1.96. The Labute approximate surface area is 145 Å². The number of anilines is 1. The van der Waals surface area contributed by atoms with Crippen molar-refractivity contribution in [3.63, 3.8) is 0 Å². The van der Waals surface area contributed by atoms with E-state index in [1.807, 2.05) is 5.32 Å². The van der Waals surface area contributed by atoms with Crippen molar-refractivity contribution < 1.29 is 27.5 Å². The van der Waals surface area contributed by atoms with E-state index in [2.05, 4.69) is 20.7 Å². The molecule has 2 aromatic rings. The smallest absolute Gasteiger partial charge is 0.406 e. The zero-order valence-electron chi connectivity index (χ0n) is 12.0. The lowest BCUT2D eigenvalue weighted by atomic mass is 10.1. The van der Waals surface area contributed by atoms with Crippen LogP contribution in [0.25, 0.3) is 5.69 Å². The average Bonchev–Trinajstić information content (AvgIpc) is 2.71. The molecule has 2 amide bonds. The maximum Gasteiger partial charge on any atom is 0.573 e. The summed E-state index contributed by atoms with van der Waals surface area (Å²) in [5, 5.41) is 1.99. The zero-order chi connectivity index (χ0) is 18.5. The summed E-state index contributed by atoms with van der Waals surface area (Å²) in [5.74, 6) is -2.54. The Morgan fingerprint density at radius 2 is 1.76 bits per heavy atom. The van der Waals surface area contributed by atoms with Gasteiger partial charge >= 0.3 is 6.36 Å². The van der Waals surface area contributed by atoms with Crippen molar-refractivity contribution in [3.05, 3.63) is 50.2 Å². The molecule has 1 aromatic heterocycles. The van der Waals surface area contributed by atoms with Crippen molar-refractivity contribution >= 4 is 33.6 Å². The second-order valence-corrected chi connectivity index (χ2v) is 5.88. The Morgan fingerprint density at radius 3 is 2.40 bits per heavy atom. The number of carbonyl (C=O) groups is 2. The highest BCUT2D eigenvalue weighted by Gasteiger charge is 2.33. The van der Waals surface area contributed by atoms with E-state index in [4.69, 9.17) is 5.73 Å². The van der Waals surface area contributed by atoms with Crippen LogP contribution in [0.1, 0.15) is 20.7 Å².